The normalized spacial score (nSPS) is 23.5. The minimum absolute atomic E-state index is 0.187. The molecule has 1 atom stereocenters. The maximum absolute atomic E-state index is 6.08. The summed E-state index contributed by atoms with van der Waals surface area (Å²) in [5.74, 6) is 1.05. The van der Waals surface area contributed by atoms with Crippen molar-refractivity contribution in [2.75, 3.05) is 0 Å². The summed E-state index contributed by atoms with van der Waals surface area (Å²) in [6.45, 7) is 7.52. The number of hydrogen-bond acceptors (Lipinski definition) is 3. The minimum Gasteiger partial charge on any atom is -0.324 e. The fourth-order valence-corrected chi connectivity index (χ4v) is 2.76. The zero-order valence-electron chi connectivity index (χ0n) is 11.0. The van der Waals surface area contributed by atoms with Gasteiger partial charge in [-0.15, -0.1) is 0 Å². The lowest BCUT2D eigenvalue weighted by Gasteiger charge is -2.33. The minimum atomic E-state index is 0.187. The van der Waals surface area contributed by atoms with Gasteiger partial charge in [0.05, 0.1) is 0 Å². The van der Waals surface area contributed by atoms with Crippen molar-refractivity contribution < 1.29 is 0 Å². The topological polar surface area (TPSA) is 56.7 Å². The van der Waals surface area contributed by atoms with Crippen LogP contribution in [0.4, 0.5) is 0 Å². The van der Waals surface area contributed by atoms with Gasteiger partial charge in [-0.05, 0) is 25.2 Å². The van der Waals surface area contributed by atoms with Gasteiger partial charge in [0.25, 0.3) is 0 Å². The highest BCUT2D eigenvalue weighted by atomic mass is 15.3. The first-order valence-electron chi connectivity index (χ1n) is 6.32. The van der Waals surface area contributed by atoms with E-state index in [0.717, 1.165) is 31.6 Å². The van der Waals surface area contributed by atoms with Crippen molar-refractivity contribution in [3.05, 3.63) is 23.8 Å². The molecule has 0 aromatic carbocycles. The highest BCUT2D eigenvalue weighted by molar-refractivity contribution is 5.18. The zero-order valence-corrected chi connectivity index (χ0v) is 11.0. The van der Waals surface area contributed by atoms with Gasteiger partial charge in [-0.2, -0.15) is 5.10 Å². The standard InChI is InChI=1S/C13H22N4/c1-4-17-12(15-9-16-17)6-10-5-11(14)8-13(2,3)7-10/h5,9,11H,4,6-8,14H2,1-3H3. The highest BCUT2D eigenvalue weighted by Crippen LogP contribution is 2.35. The van der Waals surface area contributed by atoms with E-state index in [1.165, 1.54) is 5.57 Å². The van der Waals surface area contributed by atoms with Gasteiger partial charge in [0.15, 0.2) is 0 Å². The molecule has 4 heteroatoms. The van der Waals surface area contributed by atoms with Crippen LogP contribution in [0.25, 0.3) is 0 Å². The van der Waals surface area contributed by atoms with E-state index in [4.69, 9.17) is 5.73 Å². The van der Waals surface area contributed by atoms with Crippen LogP contribution in [0.1, 0.15) is 39.4 Å². The second kappa shape index (κ2) is 4.61. The van der Waals surface area contributed by atoms with Gasteiger partial charge in [0.1, 0.15) is 12.2 Å². The highest BCUT2D eigenvalue weighted by Gasteiger charge is 2.27. The molecule has 1 aliphatic carbocycles. The fraction of sp³-hybridized carbons (Fsp3) is 0.692. The SMILES string of the molecule is CCn1ncnc1CC1=CC(N)CC(C)(C)C1. The monoisotopic (exact) mass is 234 g/mol. The molecule has 1 unspecified atom stereocenters. The van der Waals surface area contributed by atoms with E-state index in [1.54, 1.807) is 6.33 Å². The molecule has 0 amide bonds. The molecule has 0 aliphatic heterocycles. The van der Waals surface area contributed by atoms with Crippen molar-refractivity contribution in [3.63, 3.8) is 0 Å². The quantitative estimate of drug-likeness (QED) is 0.813. The van der Waals surface area contributed by atoms with Crippen LogP contribution in [0, 0.1) is 5.41 Å². The first-order chi connectivity index (χ1) is 8.00. The first-order valence-corrected chi connectivity index (χ1v) is 6.32. The molecule has 0 saturated carbocycles. The number of aromatic nitrogens is 3. The van der Waals surface area contributed by atoms with Gasteiger partial charge in [0, 0.05) is 19.0 Å². The molecule has 1 aromatic heterocycles. The molecular formula is C13H22N4. The lowest BCUT2D eigenvalue weighted by molar-refractivity contribution is 0.298. The van der Waals surface area contributed by atoms with Gasteiger partial charge < -0.3 is 5.73 Å². The van der Waals surface area contributed by atoms with Crippen molar-refractivity contribution in [2.45, 2.75) is 52.6 Å². The summed E-state index contributed by atoms with van der Waals surface area (Å²) in [5, 5.41) is 4.20. The van der Waals surface area contributed by atoms with Gasteiger partial charge >= 0.3 is 0 Å². The molecule has 0 fully saturated rings. The molecule has 0 bridgehead atoms. The largest absolute Gasteiger partial charge is 0.324 e. The Labute approximate surface area is 103 Å². The maximum atomic E-state index is 6.08. The van der Waals surface area contributed by atoms with Crippen molar-refractivity contribution in [2.24, 2.45) is 11.1 Å². The number of nitrogens with zero attached hydrogens (tertiary/aromatic N) is 3. The third-order valence-electron chi connectivity index (χ3n) is 3.32. The molecule has 94 valence electrons. The van der Waals surface area contributed by atoms with Crippen molar-refractivity contribution in [1.29, 1.82) is 0 Å². The lowest BCUT2D eigenvalue weighted by Crippen LogP contribution is -2.31. The summed E-state index contributed by atoms with van der Waals surface area (Å²) in [6.07, 6.45) is 6.90. The summed E-state index contributed by atoms with van der Waals surface area (Å²) >= 11 is 0. The lowest BCUT2D eigenvalue weighted by atomic mass is 9.75. The Morgan fingerprint density at radius 3 is 2.94 bits per heavy atom. The van der Waals surface area contributed by atoms with E-state index in [9.17, 15) is 0 Å². The summed E-state index contributed by atoms with van der Waals surface area (Å²) in [7, 11) is 0. The third kappa shape index (κ3) is 2.94. The molecule has 0 spiro atoms. The van der Waals surface area contributed by atoms with Crippen molar-refractivity contribution >= 4 is 0 Å². The Hall–Kier alpha value is -1.16. The first kappa shape index (κ1) is 12.3. The second-order valence-electron chi connectivity index (χ2n) is 5.70. The molecule has 2 N–H and O–H groups in total. The number of aryl methyl sites for hydroxylation is 1. The Balaban J connectivity index is 2.14. The summed E-state index contributed by atoms with van der Waals surface area (Å²) in [6, 6.07) is 0.187. The third-order valence-corrected chi connectivity index (χ3v) is 3.32. The zero-order chi connectivity index (χ0) is 12.5. The Morgan fingerprint density at radius 1 is 1.53 bits per heavy atom. The van der Waals surface area contributed by atoms with E-state index in [2.05, 4.69) is 36.9 Å². The van der Waals surface area contributed by atoms with Gasteiger partial charge in [0.2, 0.25) is 0 Å². The fourth-order valence-electron chi connectivity index (χ4n) is 2.76. The Bertz CT molecular complexity index is 417. The van der Waals surface area contributed by atoms with Gasteiger partial charge in [-0.25, -0.2) is 4.98 Å². The molecule has 0 radical (unpaired) electrons. The molecule has 1 aliphatic rings. The summed E-state index contributed by atoms with van der Waals surface area (Å²) in [5.41, 5.74) is 7.79. The van der Waals surface area contributed by atoms with Crippen LogP contribution in [0.5, 0.6) is 0 Å². The van der Waals surface area contributed by atoms with Crippen LogP contribution in [-0.4, -0.2) is 20.8 Å². The molecule has 0 saturated heterocycles. The molecule has 4 nitrogen and oxygen atoms in total. The number of hydrogen-bond donors (Lipinski definition) is 1. The van der Waals surface area contributed by atoms with Crippen LogP contribution < -0.4 is 5.73 Å². The van der Waals surface area contributed by atoms with E-state index >= 15 is 0 Å². The van der Waals surface area contributed by atoms with Crippen molar-refractivity contribution in [3.8, 4) is 0 Å². The number of nitrogens with two attached hydrogens (primary N) is 1. The predicted molar refractivity (Wildman–Crippen MR) is 68.5 cm³/mol. The Morgan fingerprint density at radius 2 is 2.29 bits per heavy atom. The van der Waals surface area contributed by atoms with Crippen LogP contribution in [0.2, 0.25) is 0 Å². The van der Waals surface area contributed by atoms with Crippen LogP contribution in [-0.2, 0) is 13.0 Å². The van der Waals surface area contributed by atoms with Gasteiger partial charge in [-0.3, -0.25) is 4.68 Å². The molecule has 2 rings (SSSR count). The average molecular weight is 234 g/mol. The maximum Gasteiger partial charge on any atom is 0.138 e. The van der Waals surface area contributed by atoms with E-state index in [1.807, 2.05) is 4.68 Å². The molecule has 17 heavy (non-hydrogen) atoms. The molecule has 1 aromatic rings. The average Bonchev–Trinajstić information content (AvgIpc) is 2.61. The van der Waals surface area contributed by atoms with E-state index in [-0.39, 0.29) is 6.04 Å². The van der Waals surface area contributed by atoms with Crippen molar-refractivity contribution in [1.82, 2.24) is 14.8 Å². The summed E-state index contributed by atoms with van der Waals surface area (Å²) in [4.78, 5) is 4.32. The van der Waals surface area contributed by atoms with Crippen LogP contribution in [0.15, 0.2) is 18.0 Å². The smallest absolute Gasteiger partial charge is 0.138 e. The number of allylic oxidation sites excluding steroid dienone is 1. The van der Waals surface area contributed by atoms with Crippen LogP contribution in [0.3, 0.4) is 0 Å². The molecular weight excluding hydrogens is 212 g/mol. The van der Waals surface area contributed by atoms with Crippen LogP contribution >= 0.6 is 0 Å². The van der Waals surface area contributed by atoms with Gasteiger partial charge in [-0.1, -0.05) is 25.5 Å². The predicted octanol–water partition coefficient (Wildman–Crippen LogP) is 1.91. The summed E-state index contributed by atoms with van der Waals surface area (Å²) < 4.78 is 1.95. The second-order valence-corrected chi connectivity index (χ2v) is 5.70. The Kier molecular flexibility index (Phi) is 3.33. The van der Waals surface area contributed by atoms with E-state index in [0.29, 0.717) is 5.41 Å². The van der Waals surface area contributed by atoms with E-state index < -0.39 is 0 Å². The number of rotatable bonds is 3. The molecule has 1 heterocycles.